The van der Waals surface area contributed by atoms with Gasteiger partial charge in [0.2, 0.25) is 5.91 Å². The molecule has 1 heterocycles. The number of anilines is 1. The fourth-order valence-electron chi connectivity index (χ4n) is 2.08. The third-order valence-electron chi connectivity index (χ3n) is 2.88. The van der Waals surface area contributed by atoms with Crippen molar-refractivity contribution in [1.82, 2.24) is 0 Å². The number of thiophene rings is 1. The first-order valence-corrected chi connectivity index (χ1v) is 6.11. The lowest BCUT2D eigenvalue weighted by Gasteiger charge is -2.17. The van der Waals surface area contributed by atoms with Crippen molar-refractivity contribution in [1.29, 1.82) is 5.26 Å². The van der Waals surface area contributed by atoms with E-state index in [1.807, 2.05) is 0 Å². The maximum absolute atomic E-state index is 10.9. The van der Waals surface area contributed by atoms with Gasteiger partial charge in [-0.15, -0.1) is 11.3 Å². The summed E-state index contributed by atoms with van der Waals surface area (Å²) in [5.74, 6) is 0.309. The van der Waals surface area contributed by atoms with Crippen LogP contribution in [0.4, 0.5) is 5.00 Å². The van der Waals surface area contributed by atoms with Crippen LogP contribution in [0.2, 0.25) is 0 Å². The molecule has 1 unspecified atom stereocenters. The van der Waals surface area contributed by atoms with E-state index in [-0.39, 0.29) is 5.91 Å². The van der Waals surface area contributed by atoms with Crippen molar-refractivity contribution in [2.24, 2.45) is 5.92 Å². The molecule has 1 aromatic rings. The summed E-state index contributed by atoms with van der Waals surface area (Å²) in [5.41, 5.74) is 1.78. The highest BCUT2D eigenvalue weighted by Gasteiger charge is 2.23. The highest BCUT2D eigenvalue weighted by atomic mass is 32.1. The van der Waals surface area contributed by atoms with E-state index in [2.05, 4.69) is 25.2 Å². The number of nitriles is 1. The van der Waals surface area contributed by atoms with Crippen LogP contribution >= 0.6 is 11.3 Å². The first-order valence-electron chi connectivity index (χ1n) is 5.29. The van der Waals surface area contributed by atoms with Crippen LogP contribution in [0, 0.1) is 24.2 Å². The van der Waals surface area contributed by atoms with Gasteiger partial charge in [-0.25, -0.2) is 0 Å². The minimum absolute atomic E-state index is 0.358. The number of fused-ring (bicyclic) bond motifs is 1. The Balaban J connectivity index is 2.41. The van der Waals surface area contributed by atoms with Crippen molar-refractivity contribution in [3.8, 4) is 6.07 Å². The zero-order valence-corrected chi connectivity index (χ0v) is 9.99. The highest BCUT2D eigenvalue weighted by Crippen LogP contribution is 2.39. The topological polar surface area (TPSA) is 52.9 Å². The maximum Gasteiger partial charge on any atom is 0.225 e. The molecular weight excluding hydrogens is 220 g/mol. The Morgan fingerprint density at radius 3 is 3.06 bits per heavy atom. The zero-order chi connectivity index (χ0) is 11.7. The van der Waals surface area contributed by atoms with Crippen molar-refractivity contribution >= 4 is 22.2 Å². The molecule has 1 N–H and O–H groups in total. The molecule has 1 aromatic heterocycles. The van der Waals surface area contributed by atoms with E-state index in [4.69, 9.17) is 5.26 Å². The number of hydrogen-bond donors (Lipinski definition) is 1. The highest BCUT2D eigenvalue weighted by molar-refractivity contribution is 7.16. The maximum atomic E-state index is 10.9. The van der Waals surface area contributed by atoms with Crippen LogP contribution in [0.5, 0.6) is 0 Å². The second-order valence-electron chi connectivity index (χ2n) is 4.22. The number of hydrogen-bond acceptors (Lipinski definition) is 3. The quantitative estimate of drug-likeness (QED) is 0.810. The van der Waals surface area contributed by atoms with Crippen LogP contribution in [0.15, 0.2) is 0 Å². The summed E-state index contributed by atoms with van der Waals surface area (Å²) in [5, 5.41) is 12.4. The molecular formula is C12H13N2OS. The average Bonchev–Trinajstić information content (AvgIpc) is 2.52. The van der Waals surface area contributed by atoms with E-state index < -0.39 is 0 Å². The van der Waals surface area contributed by atoms with Gasteiger partial charge in [0.1, 0.15) is 11.1 Å². The molecule has 0 aliphatic heterocycles. The van der Waals surface area contributed by atoms with E-state index in [9.17, 15) is 4.79 Å². The molecule has 1 aliphatic carbocycles. The standard InChI is InChI=1S/C12H13N2OS/c1-7-3-4-9-10(6-13)12(14-8(2)15)16-11(9)5-7/h7H,2-5H2,1H3,(H,14,15). The Bertz CT molecular complexity index is 470. The van der Waals surface area contributed by atoms with Crippen LogP contribution in [-0.4, -0.2) is 5.91 Å². The van der Waals surface area contributed by atoms with Crippen LogP contribution in [0.25, 0.3) is 0 Å². The molecule has 1 amide bonds. The molecule has 2 rings (SSSR count). The third-order valence-corrected chi connectivity index (χ3v) is 4.05. The second kappa shape index (κ2) is 4.26. The summed E-state index contributed by atoms with van der Waals surface area (Å²) >= 11 is 1.52. The van der Waals surface area contributed by atoms with Gasteiger partial charge in [0.15, 0.2) is 0 Å². The fourth-order valence-corrected chi connectivity index (χ4v) is 3.46. The molecule has 16 heavy (non-hydrogen) atoms. The van der Waals surface area contributed by atoms with Crippen molar-refractivity contribution in [3.63, 3.8) is 0 Å². The second-order valence-corrected chi connectivity index (χ2v) is 5.32. The molecule has 0 spiro atoms. The summed E-state index contributed by atoms with van der Waals surface area (Å²) in [6.45, 7) is 5.49. The molecule has 0 saturated heterocycles. The zero-order valence-electron chi connectivity index (χ0n) is 9.17. The number of nitrogens with one attached hydrogen (secondary N) is 1. The van der Waals surface area contributed by atoms with Gasteiger partial charge < -0.3 is 5.32 Å². The fraction of sp³-hybridized carbons (Fsp3) is 0.417. The predicted octanol–water partition coefficient (Wildman–Crippen LogP) is 2.52. The average molecular weight is 233 g/mol. The normalized spacial score (nSPS) is 18.7. The van der Waals surface area contributed by atoms with Gasteiger partial charge in [0.25, 0.3) is 0 Å². The van der Waals surface area contributed by atoms with Crippen LogP contribution in [0.1, 0.15) is 29.3 Å². The lowest BCUT2D eigenvalue weighted by Crippen LogP contribution is -2.09. The van der Waals surface area contributed by atoms with E-state index >= 15 is 0 Å². The summed E-state index contributed by atoms with van der Waals surface area (Å²) < 4.78 is 0. The van der Waals surface area contributed by atoms with Gasteiger partial charge in [-0.05, 0) is 30.7 Å². The molecule has 3 nitrogen and oxygen atoms in total. The Morgan fingerprint density at radius 2 is 2.44 bits per heavy atom. The number of carbonyl (C=O) groups is 1. The summed E-state index contributed by atoms with van der Waals surface area (Å²) in [6.07, 6.45) is 3.08. The number of amides is 1. The third kappa shape index (κ3) is 1.96. The molecule has 0 bridgehead atoms. The minimum Gasteiger partial charge on any atom is -0.317 e. The summed E-state index contributed by atoms with van der Waals surface area (Å²) in [6, 6.07) is 2.19. The molecule has 4 heteroatoms. The lowest BCUT2D eigenvalue weighted by atomic mass is 9.89. The molecule has 1 atom stereocenters. The Hall–Kier alpha value is -1.34. The summed E-state index contributed by atoms with van der Waals surface area (Å²) in [7, 11) is 0. The van der Waals surface area contributed by atoms with Crippen LogP contribution in [0.3, 0.4) is 0 Å². The van der Waals surface area contributed by atoms with Crippen molar-refractivity contribution in [2.45, 2.75) is 26.2 Å². The SMILES string of the molecule is [CH2]C(=O)Nc1sc2c(c1C#N)CCC(C)C2. The smallest absolute Gasteiger partial charge is 0.225 e. The molecule has 0 fully saturated rings. The molecule has 0 saturated carbocycles. The van der Waals surface area contributed by atoms with Crippen LogP contribution in [-0.2, 0) is 17.6 Å². The van der Waals surface area contributed by atoms with E-state index in [1.54, 1.807) is 0 Å². The summed E-state index contributed by atoms with van der Waals surface area (Å²) in [4.78, 5) is 12.2. The van der Waals surface area contributed by atoms with E-state index in [0.717, 1.165) is 24.8 Å². The van der Waals surface area contributed by atoms with Gasteiger partial charge in [-0.2, -0.15) is 5.26 Å². The Labute approximate surface area is 99.1 Å². The molecule has 83 valence electrons. The monoisotopic (exact) mass is 233 g/mol. The Morgan fingerprint density at radius 1 is 1.69 bits per heavy atom. The largest absolute Gasteiger partial charge is 0.317 e. The van der Waals surface area contributed by atoms with Gasteiger partial charge in [0, 0.05) is 11.8 Å². The number of carbonyl (C=O) groups excluding carboxylic acids is 1. The minimum atomic E-state index is -0.358. The first kappa shape index (κ1) is 11.2. The number of nitrogens with zero attached hydrogens (tertiary/aromatic N) is 1. The van der Waals surface area contributed by atoms with Crippen molar-refractivity contribution in [3.05, 3.63) is 22.9 Å². The van der Waals surface area contributed by atoms with E-state index in [0.29, 0.717) is 16.5 Å². The first-order chi connectivity index (χ1) is 7.61. The van der Waals surface area contributed by atoms with E-state index in [1.165, 1.54) is 16.2 Å². The Kier molecular flexibility index (Phi) is 2.97. The molecule has 0 aromatic carbocycles. The lowest BCUT2D eigenvalue weighted by molar-refractivity contribution is -0.112. The van der Waals surface area contributed by atoms with Crippen molar-refractivity contribution < 1.29 is 4.79 Å². The molecule has 1 radical (unpaired) electrons. The van der Waals surface area contributed by atoms with Gasteiger partial charge >= 0.3 is 0 Å². The number of rotatable bonds is 1. The van der Waals surface area contributed by atoms with Crippen molar-refractivity contribution in [2.75, 3.05) is 5.32 Å². The predicted molar refractivity (Wildman–Crippen MR) is 64.2 cm³/mol. The van der Waals surface area contributed by atoms with Gasteiger partial charge in [0.05, 0.1) is 5.56 Å². The van der Waals surface area contributed by atoms with Gasteiger partial charge in [-0.1, -0.05) is 6.92 Å². The molecule has 1 aliphatic rings. The van der Waals surface area contributed by atoms with Crippen LogP contribution < -0.4 is 5.32 Å². The van der Waals surface area contributed by atoms with Gasteiger partial charge in [-0.3, -0.25) is 4.79 Å².